The molecule has 0 radical (unpaired) electrons. The van der Waals surface area contributed by atoms with Crippen LogP contribution >= 0.6 is 24.0 Å². The van der Waals surface area contributed by atoms with E-state index in [1.54, 1.807) is 6.07 Å². The molecule has 136 valence electrons. The Balaban J connectivity index is 0.00000225. The maximum atomic E-state index is 12.6. The van der Waals surface area contributed by atoms with Crippen LogP contribution in [0.25, 0.3) is 0 Å². The summed E-state index contributed by atoms with van der Waals surface area (Å²) in [7, 11) is 0. The van der Waals surface area contributed by atoms with E-state index in [1.165, 1.54) is 0 Å². The fraction of sp³-hybridized carbons (Fsp3) is 0.444. The van der Waals surface area contributed by atoms with Gasteiger partial charge in [-0.2, -0.15) is 5.10 Å². The Hall–Kier alpha value is -1.56. The number of halogens is 2. The molecular weight excluding hydrogens is 359 g/mol. The number of amides is 1. The molecule has 1 aromatic heterocycles. The van der Waals surface area contributed by atoms with Crippen LogP contribution in [0.15, 0.2) is 36.5 Å². The number of piperidine rings is 1. The number of carbonyl (C=O) groups excluding carboxylic acids is 1. The van der Waals surface area contributed by atoms with Crippen molar-refractivity contribution in [2.75, 3.05) is 13.1 Å². The van der Waals surface area contributed by atoms with Gasteiger partial charge in [-0.15, -0.1) is 12.4 Å². The number of hydrogen-bond donors (Lipinski definition) is 2. The zero-order chi connectivity index (χ0) is 17.2. The topological polar surface area (TPSA) is 59.0 Å². The summed E-state index contributed by atoms with van der Waals surface area (Å²) in [6, 6.07) is 9.63. The minimum Gasteiger partial charge on any atom is -0.342 e. The molecule has 0 bridgehead atoms. The highest BCUT2D eigenvalue weighted by Crippen LogP contribution is 2.23. The minimum absolute atomic E-state index is 0. The Labute approximate surface area is 159 Å². The van der Waals surface area contributed by atoms with Gasteiger partial charge < -0.3 is 10.6 Å². The van der Waals surface area contributed by atoms with E-state index >= 15 is 0 Å². The van der Waals surface area contributed by atoms with Gasteiger partial charge in [-0.25, -0.2) is 0 Å². The Morgan fingerprint density at radius 3 is 2.88 bits per heavy atom. The third-order valence-corrected chi connectivity index (χ3v) is 4.69. The molecule has 2 heterocycles. The lowest BCUT2D eigenvalue weighted by molar-refractivity contribution is 0.0905. The van der Waals surface area contributed by atoms with Crippen molar-refractivity contribution in [3.63, 3.8) is 0 Å². The number of nitrogens with one attached hydrogen (secondary N) is 2. The van der Waals surface area contributed by atoms with Crippen LogP contribution in [0, 0.1) is 0 Å². The first-order chi connectivity index (χ1) is 11.5. The maximum Gasteiger partial charge on any atom is 0.272 e. The Morgan fingerprint density at radius 2 is 2.20 bits per heavy atom. The van der Waals surface area contributed by atoms with E-state index in [-0.39, 0.29) is 18.3 Å². The summed E-state index contributed by atoms with van der Waals surface area (Å²) in [5.41, 5.74) is 0.868. The third-order valence-electron chi connectivity index (χ3n) is 4.46. The lowest BCUT2D eigenvalue weighted by Crippen LogP contribution is -2.41. The average molecular weight is 383 g/mol. The molecule has 1 fully saturated rings. The van der Waals surface area contributed by atoms with Gasteiger partial charge in [-0.3, -0.25) is 9.48 Å². The standard InChI is InChI=1S/C18H23ClN4O.ClH/c1-18(2,13-5-3-6-14(19)11-13)21-17(24)16-8-10-23(22-16)15-7-4-9-20-12-15;/h3,5-6,8,10-11,15,20H,4,7,9,12H2,1-2H3,(H,21,24);1H. The first-order valence-corrected chi connectivity index (χ1v) is 8.68. The summed E-state index contributed by atoms with van der Waals surface area (Å²) >= 11 is 6.06. The largest absolute Gasteiger partial charge is 0.342 e. The second-order valence-corrected chi connectivity index (χ2v) is 7.21. The number of benzene rings is 1. The van der Waals surface area contributed by atoms with Crippen molar-refractivity contribution < 1.29 is 4.79 Å². The highest BCUT2D eigenvalue weighted by Gasteiger charge is 2.25. The average Bonchev–Trinajstić information content (AvgIpc) is 3.05. The van der Waals surface area contributed by atoms with E-state index in [2.05, 4.69) is 15.7 Å². The zero-order valence-corrected chi connectivity index (χ0v) is 16.0. The molecule has 1 amide bonds. The Morgan fingerprint density at radius 1 is 1.40 bits per heavy atom. The number of hydrogen-bond acceptors (Lipinski definition) is 3. The van der Waals surface area contributed by atoms with Crippen molar-refractivity contribution in [1.29, 1.82) is 0 Å². The van der Waals surface area contributed by atoms with Crippen LogP contribution in [0.4, 0.5) is 0 Å². The normalized spacial score (nSPS) is 17.6. The molecule has 25 heavy (non-hydrogen) atoms. The molecule has 5 nitrogen and oxygen atoms in total. The predicted octanol–water partition coefficient (Wildman–Crippen LogP) is 3.55. The summed E-state index contributed by atoms with van der Waals surface area (Å²) < 4.78 is 1.90. The van der Waals surface area contributed by atoms with Crippen LogP contribution in [0.5, 0.6) is 0 Å². The molecular formula is C18H24Cl2N4O. The highest BCUT2D eigenvalue weighted by atomic mass is 35.5. The highest BCUT2D eigenvalue weighted by molar-refractivity contribution is 6.30. The van der Waals surface area contributed by atoms with Crippen LogP contribution in [-0.2, 0) is 5.54 Å². The summed E-state index contributed by atoms with van der Waals surface area (Å²) in [6.45, 7) is 5.87. The van der Waals surface area contributed by atoms with Gasteiger partial charge in [-0.05, 0) is 57.0 Å². The molecule has 0 spiro atoms. The van der Waals surface area contributed by atoms with Crippen LogP contribution in [-0.4, -0.2) is 28.8 Å². The van der Waals surface area contributed by atoms with Crippen LogP contribution in [0.1, 0.15) is 48.8 Å². The van der Waals surface area contributed by atoms with Gasteiger partial charge in [-0.1, -0.05) is 23.7 Å². The van der Waals surface area contributed by atoms with Crippen LogP contribution < -0.4 is 10.6 Å². The molecule has 1 atom stereocenters. The van der Waals surface area contributed by atoms with Gasteiger partial charge in [0.1, 0.15) is 5.69 Å². The number of nitrogens with zero attached hydrogens (tertiary/aromatic N) is 2. The predicted molar refractivity (Wildman–Crippen MR) is 103 cm³/mol. The van der Waals surface area contributed by atoms with Crippen LogP contribution in [0.2, 0.25) is 5.02 Å². The first kappa shape index (κ1) is 19.8. The summed E-state index contributed by atoms with van der Waals surface area (Å²) in [5, 5.41) is 11.5. The van der Waals surface area contributed by atoms with Gasteiger partial charge in [0.2, 0.25) is 0 Å². The van der Waals surface area contributed by atoms with Crippen LogP contribution in [0.3, 0.4) is 0 Å². The molecule has 1 saturated heterocycles. The smallest absolute Gasteiger partial charge is 0.272 e. The van der Waals surface area contributed by atoms with E-state index in [0.717, 1.165) is 31.5 Å². The van der Waals surface area contributed by atoms with Crippen molar-refractivity contribution in [3.8, 4) is 0 Å². The molecule has 0 aliphatic carbocycles. The number of aromatic nitrogens is 2. The SMILES string of the molecule is CC(C)(NC(=O)c1ccn(C2CCCNC2)n1)c1cccc(Cl)c1.Cl. The zero-order valence-electron chi connectivity index (χ0n) is 14.5. The monoisotopic (exact) mass is 382 g/mol. The second-order valence-electron chi connectivity index (χ2n) is 6.77. The van der Waals surface area contributed by atoms with E-state index in [1.807, 2.05) is 49.0 Å². The van der Waals surface area contributed by atoms with Gasteiger partial charge in [0.15, 0.2) is 0 Å². The summed E-state index contributed by atoms with van der Waals surface area (Å²) in [6.07, 6.45) is 4.11. The quantitative estimate of drug-likeness (QED) is 0.849. The van der Waals surface area contributed by atoms with Gasteiger partial charge in [0.25, 0.3) is 5.91 Å². The van der Waals surface area contributed by atoms with E-state index < -0.39 is 5.54 Å². The number of carbonyl (C=O) groups is 1. The first-order valence-electron chi connectivity index (χ1n) is 8.30. The lowest BCUT2D eigenvalue weighted by atomic mass is 9.94. The fourth-order valence-corrected chi connectivity index (χ4v) is 3.21. The fourth-order valence-electron chi connectivity index (χ4n) is 3.02. The molecule has 1 unspecified atom stereocenters. The molecule has 3 rings (SSSR count). The number of rotatable bonds is 4. The van der Waals surface area contributed by atoms with Crippen molar-refractivity contribution in [2.24, 2.45) is 0 Å². The van der Waals surface area contributed by atoms with Crippen molar-refractivity contribution >= 4 is 29.9 Å². The van der Waals surface area contributed by atoms with Crippen molar-refractivity contribution in [3.05, 3.63) is 52.8 Å². The second kappa shape index (κ2) is 8.21. The lowest BCUT2D eigenvalue weighted by Gasteiger charge is -2.27. The summed E-state index contributed by atoms with van der Waals surface area (Å²) in [5.74, 6) is -0.178. The molecule has 1 aromatic carbocycles. The van der Waals surface area contributed by atoms with Gasteiger partial charge in [0, 0.05) is 17.8 Å². The third kappa shape index (κ3) is 4.75. The molecule has 2 N–H and O–H groups in total. The molecule has 7 heteroatoms. The maximum absolute atomic E-state index is 12.6. The van der Waals surface area contributed by atoms with E-state index in [9.17, 15) is 4.79 Å². The Kier molecular flexibility index (Phi) is 6.49. The van der Waals surface area contributed by atoms with E-state index in [4.69, 9.17) is 11.6 Å². The van der Waals surface area contributed by atoms with Gasteiger partial charge >= 0.3 is 0 Å². The van der Waals surface area contributed by atoms with Gasteiger partial charge in [0.05, 0.1) is 11.6 Å². The molecule has 1 aliphatic rings. The molecule has 1 aliphatic heterocycles. The Bertz CT molecular complexity index is 723. The molecule has 2 aromatic rings. The van der Waals surface area contributed by atoms with E-state index in [0.29, 0.717) is 16.8 Å². The minimum atomic E-state index is -0.530. The molecule has 0 saturated carbocycles. The summed E-state index contributed by atoms with van der Waals surface area (Å²) in [4.78, 5) is 12.6. The van der Waals surface area contributed by atoms with Crippen molar-refractivity contribution in [2.45, 2.75) is 38.3 Å². The van der Waals surface area contributed by atoms with Crippen molar-refractivity contribution in [1.82, 2.24) is 20.4 Å².